The number of ether oxygens (including phenoxy) is 2. The van der Waals surface area contributed by atoms with E-state index in [1.165, 1.54) is 35.7 Å². The van der Waals surface area contributed by atoms with Crippen LogP contribution < -0.4 is 10.6 Å². The van der Waals surface area contributed by atoms with Gasteiger partial charge in [0.25, 0.3) is 5.91 Å². The summed E-state index contributed by atoms with van der Waals surface area (Å²) < 4.78 is 12.1. The van der Waals surface area contributed by atoms with E-state index in [1.54, 1.807) is 72.7 Å². The van der Waals surface area contributed by atoms with Gasteiger partial charge in [-0.05, 0) is 70.3 Å². The summed E-state index contributed by atoms with van der Waals surface area (Å²) >= 11 is 0. The van der Waals surface area contributed by atoms with Crippen LogP contribution in [-0.4, -0.2) is 130 Å². The molecule has 0 saturated carbocycles. The van der Waals surface area contributed by atoms with Gasteiger partial charge in [-0.3, -0.25) is 24.0 Å². The number of carbonyl (C=O) groups excluding carboxylic acids is 7. The Balaban J connectivity index is 2.25. The molecule has 2 saturated heterocycles. The molecule has 0 aliphatic carbocycles. The number of aliphatic hydroxyl groups is 1. The number of hydrogen-bond acceptors (Lipinski definition) is 10. The minimum Gasteiger partial charge on any atom is -0.460 e. The second kappa shape index (κ2) is 22.2. The predicted molar refractivity (Wildman–Crippen MR) is 229 cm³/mol. The van der Waals surface area contributed by atoms with Gasteiger partial charge in [0.05, 0.1) is 11.5 Å². The van der Waals surface area contributed by atoms with Crippen molar-refractivity contribution in [2.75, 3.05) is 20.6 Å². The topological polar surface area (TPSA) is 192 Å². The molecule has 9 atom stereocenters. The number of aliphatic hydroxyl groups excluding tert-OH is 1. The van der Waals surface area contributed by atoms with Crippen molar-refractivity contribution < 1.29 is 48.1 Å². The van der Waals surface area contributed by atoms with E-state index in [9.17, 15) is 38.7 Å². The molecule has 0 aromatic heterocycles. The van der Waals surface area contributed by atoms with Gasteiger partial charge in [0.1, 0.15) is 36.3 Å². The Morgan fingerprint density at radius 2 is 1.49 bits per heavy atom. The van der Waals surface area contributed by atoms with E-state index in [2.05, 4.69) is 16.6 Å². The van der Waals surface area contributed by atoms with Gasteiger partial charge in [0.15, 0.2) is 6.10 Å². The molecule has 3 rings (SSSR count). The molecule has 0 bridgehead atoms. The molecule has 15 nitrogen and oxygen atoms in total. The summed E-state index contributed by atoms with van der Waals surface area (Å²) in [5.74, 6) is -3.84. The molecule has 1 aromatic carbocycles. The highest BCUT2D eigenvalue weighted by Gasteiger charge is 2.47. The molecule has 61 heavy (non-hydrogen) atoms. The van der Waals surface area contributed by atoms with Crippen molar-refractivity contribution in [2.45, 2.75) is 156 Å². The molecule has 0 spiro atoms. The first-order chi connectivity index (χ1) is 28.6. The number of cyclic esters (lactones) is 2. The number of unbranched alkanes of at least 4 members (excludes halogenated alkanes) is 1. The molecule has 2 heterocycles. The third-order valence-electron chi connectivity index (χ3n) is 12.2. The average Bonchev–Trinajstić information content (AvgIpc) is 3.71. The molecule has 338 valence electrons. The van der Waals surface area contributed by atoms with Crippen molar-refractivity contribution in [2.24, 2.45) is 23.2 Å². The molecule has 2 fully saturated rings. The van der Waals surface area contributed by atoms with Gasteiger partial charge in [-0.1, -0.05) is 71.9 Å². The molecule has 2 aliphatic heterocycles. The van der Waals surface area contributed by atoms with Crippen molar-refractivity contribution in [1.29, 1.82) is 0 Å². The quantitative estimate of drug-likeness (QED) is 0.179. The van der Waals surface area contributed by atoms with E-state index in [4.69, 9.17) is 15.9 Å². The van der Waals surface area contributed by atoms with Crippen LogP contribution in [0.15, 0.2) is 30.3 Å². The van der Waals surface area contributed by atoms with E-state index in [1.807, 2.05) is 13.0 Å². The molecule has 0 radical (unpaired) electrons. The molecule has 1 aromatic rings. The maximum absolute atomic E-state index is 14.7. The van der Waals surface area contributed by atoms with Crippen LogP contribution in [-0.2, 0) is 49.5 Å². The van der Waals surface area contributed by atoms with Crippen LogP contribution in [0.2, 0.25) is 0 Å². The normalized spacial score (nSPS) is 27.6. The fourth-order valence-electron chi connectivity index (χ4n) is 7.93. The Bertz CT molecular complexity index is 1760. The first-order valence-corrected chi connectivity index (χ1v) is 21.6. The zero-order chi connectivity index (χ0) is 45.9. The van der Waals surface area contributed by atoms with Gasteiger partial charge >= 0.3 is 11.9 Å². The number of benzene rings is 1. The number of hydrogen-bond donors (Lipinski definition) is 3. The third kappa shape index (κ3) is 12.3. The highest BCUT2D eigenvalue weighted by Crippen LogP contribution is 2.31. The fraction of sp³-hybridized carbons (Fsp3) is 0.674. The van der Waals surface area contributed by atoms with Crippen LogP contribution in [0.4, 0.5) is 0 Å². The van der Waals surface area contributed by atoms with Crippen molar-refractivity contribution >= 4 is 41.5 Å². The van der Waals surface area contributed by atoms with Gasteiger partial charge < -0.3 is 39.9 Å². The lowest BCUT2D eigenvalue weighted by atomic mass is 9.82. The number of nitrogens with one attached hydrogen (secondary N) is 2. The van der Waals surface area contributed by atoms with Gasteiger partial charge in [-0.2, -0.15) is 0 Å². The van der Waals surface area contributed by atoms with Gasteiger partial charge in [0.2, 0.25) is 23.6 Å². The second-order valence-corrected chi connectivity index (χ2v) is 17.9. The summed E-state index contributed by atoms with van der Waals surface area (Å²) in [7, 11) is 2.86. The number of carbonyl (C=O) groups is 7. The number of terminal acetylenes is 1. The first-order valence-electron chi connectivity index (χ1n) is 21.6. The summed E-state index contributed by atoms with van der Waals surface area (Å²) in [5.41, 5.74) is -0.802. The lowest BCUT2D eigenvalue weighted by Gasteiger charge is -2.38. The van der Waals surface area contributed by atoms with Crippen LogP contribution in [0.1, 0.15) is 106 Å². The van der Waals surface area contributed by atoms with Crippen molar-refractivity contribution in [1.82, 2.24) is 25.3 Å². The van der Waals surface area contributed by atoms with Crippen molar-refractivity contribution in [3.63, 3.8) is 0 Å². The Morgan fingerprint density at radius 1 is 0.852 bits per heavy atom. The Labute approximate surface area is 362 Å². The number of rotatable bonds is 10. The second-order valence-electron chi connectivity index (χ2n) is 17.9. The summed E-state index contributed by atoms with van der Waals surface area (Å²) in [5, 5.41) is 16.5. The highest BCUT2D eigenvalue weighted by molar-refractivity contribution is 5.96. The molecule has 5 amide bonds. The molecule has 2 aliphatic rings. The van der Waals surface area contributed by atoms with Crippen molar-refractivity contribution in [3.8, 4) is 12.3 Å². The monoisotopic (exact) mass is 852 g/mol. The molecule has 1 unspecified atom stereocenters. The summed E-state index contributed by atoms with van der Waals surface area (Å²) in [4.78, 5) is 104. The maximum atomic E-state index is 14.7. The molecule has 15 heteroatoms. The first kappa shape index (κ1) is 50.4. The lowest BCUT2D eigenvalue weighted by molar-refractivity contribution is -0.171. The van der Waals surface area contributed by atoms with E-state index in [0.29, 0.717) is 31.2 Å². The Hall–Kier alpha value is -4.97. The van der Waals surface area contributed by atoms with E-state index >= 15 is 0 Å². The molecular formula is C46H69N5O10. The van der Waals surface area contributed by atoms with Crippen LogP contribution in [0.3, 0.4) is 0 Å². The van der Waals surface area contributed by atoms with E-state index < -0.39 is 113 Å². The van der Waals surface area contributed by atoms with Crippen LogP contribution in [0, 0.1) is 35.5 Å². The Kier molecular flexibility index (Phi) is 18.4. The summed E-state index contributed by atoms with van der Waals surface area (Å²) in [6.45, 7) is 15.1. The van der Waals surface area contributed by atoms with Crippen LogP contribution in [0.25, 0.3) is 0 Å². The summed E-state index contributed by atoms with van der Waals surface area (Å²) in [6, 6.07) is 2.86. The van der Waals surface area contributed by atoms with E-state index in [0.717, 1.165) is 0 Å². The van der Waals surface area contributed by atoms with Gasteiger partial charge in [-0.25, -0.2) is 9.59 Å². The lowest BCUT2D eigenvalue weighted by Crippen LogP contribution is -2.61. The largest absolute Gasteiger partial charge is 0.460 e. The number of esters is 2. The number of amides is 5. The van der Waals surface area contributed by atoms with E-state index in [-0.39, 0.29) is 25.8 Å². The zero-order valence-corrected chi connectivity index (χ0v) is 37.9. The summed E-state index contributed by atoms with van der Waals surface area (Å²) in [6.07, 6.45) is 3.68. The minimum absolute atomic E-state index is 0.0355. The molecule has 3 N–H and O–H groups in total. The van der Waals surface area contributed by atoms with Gasteiger partial charge in [-0.15, -0.1) is 12.3 Å². The number of nitrogens with zero attached hydrogens (tertiary/aromatic N) is 3. The van der Waals surface area contributed by atoms with Gasteiger partial charge in [0, 0.05) is 39.4 Å². The highest BCUT2D eigenvalue weighted by atomic mass is 16.6. The average molecular weight is 852 g/mol. The van der Waals surface area contributed by atoms with Crippen molar-refractivity contribution in [3.05, 3.63) is 35.9 Å². The minimum atomic E-state index is -1.54. The smallest absolute Gasteiger partial charge is 0.329 e. The Morgan fingerprint density at radius 3 is 2.05 bits per heavy atom. The molecular weight excluding hydrogens is 783 g/mol. The maximum Gasteiger partial charge on any atom is 0.329 e. The van der Waals surface area contributed by atoms with Crippen LogP contribution in [0.5, 0.6) is 0 Å². The SMILES string of the molecule is C#CCCCC1OC(=O)[C@@H](C(C)C)NC(=O)[C@H](C(C)C)N(C)C(=O)[C@H]([C@@H](C)CC)OC(=O)[C@@H]2CCCN2C(=O)[C@H](Cc2ccccc2)N(C)C(=O)[C@H]([C@@H](C)O)NC(=O)C1(C)C. The fourth-order valence-corrected chi connectivity index (χ4v) is 7.93. The number of fused-ring (bicyclic) bond motifs is 1. The third-order valence-corrected chi connectivity index (χ3v) is 12.2. The van der Waals surface area contributed by atoms with Crippen LogP contribution >= 0.6 is 0 Å². The predicted octanol–water partition coefficient (Wildman–Crippen LogP) is 3.25. The number of likely N-dealkylation sites (N-methyl/N-ethyl adjacent to an activating group) is 2. The zero-order valence-electron chi connectivity index (χ0n) is 37.9. The standard InChI is InChI=1S/C46H69N5O10/c1-13-15-17-24-34-46(9,10)45(59)48-36(30(8)52)41(55)49(11)33(26-31-21-18-16-19-22-31)40(54)51-25-20-23-32(51)43(57)61-38(29(7)14-2)42(56)50(12)37(28(5)6)39(53)47-35(27(3)4)44(58)60-34/h1,16,18-19,21-22,27-30,32-38,52H,14-15,17,20,23-26H2,2-12H3,(H,47,53)(H,48,59)/t29-,30+,32-,33-,34?,35+,36-,37-,38-/m0/s1.